The molecular formula is C11H22N2. The van der Waals surface area contributed by atoms with Crippen molar-refractivity contribution in [3.8, 4) is 0 Å². The van der Waals surface area contributed by atoms with Crippen LogP contribution in [0.2, 0.25) is 0 Å². The van der Waals surface area contributed by atoms with Gasteiger partial charge in [-0.25, -0.2) is 0 Å². The highest BCUT2D eigenvalue weighted by atomic mass is 15.0. The van der Waals surface area contributed by atoms with Crippen molar-refractivity contribution >= 4 is 0 Å². The van der Waals surface area contributed by atoms with E-state index in [9.17, 15) is 0 Å². The number of nitrogens with two attached hydrogens (primary N) is 1. The highest BCUT2D eigenvalue weighted by molar-refractivity contribution is 4.93. The van der Waals surface area contributed by atoms with Gasteiger partial charge in [-0.3, -0.25) is 0 Å². The molecule has 2 saturated carbocycles. The molecule has 0 aromatic heterocycles. The molecule has 0 saturated heterocycles. The van der Waals surface area contributed by atoms with E-state index in [1.807, 2.05) is 0 Å². The Kier molecular flexibility index (Phi) is 2.61. The van der Waals surface area contributed by atoms with Gasteiger partial charge in [0.1, 0.15) is 0 Å². The fourth-order valence-electron chi connectivity index (χ4n) is 2.44. The molecule has 13 heavy (non-hydrogen) atoms. The molecule has 2 atom stereocenters. The van der Waals surface area contributed by atoms with Gasteiger partial charge in [-0.05, 0) is 38.1 Å². The predicted octanol–water partition coefficient (Wildman–Crippen LogP) is 1.65. The van der Waals surface area contributed by atoms with Gasteiger partial charge in [-0.2, -0.15) is 0 Å². The minimum Gasteiger partial charge on any atom is -0.325 e. The minimum absolute atomic E-state index is 0.186. The molecule has 0 aromatic rings. The van der Waals surface area contributed by atoms with Crippen LogP contribution in [0.5, 0.6) is 0 Å². The Balaban J connectivity index is 1.61. The molecule has 0 heterocycles. The molecule has 2 nitrogen and oxygen atoms in total. The van der Waals surface area contributed by atoms with Crippen molar-refractivity contribution in [3.63, 3.8) is 0 Å². The Morgan fingerprint density at radius 3 is 2.54 bits per heavy atom. The maximum absolute atomic E-state index is 6.26. The molecule has 0 spiro atoms. The van der Waals surface area contributed by atoms with Gasteiger partial charge in [-0.15, -0.1) is 0 Å². The number of rotatable bonds is 4. The molecule has 76 valence electrons. The van der Waals surface area contributed by atoms with Crippen LogP contribution in [0.3, 0.4) is 0 Å². The van der Waals surface area contributed by atoms with E-state index in [0.29, 0.717) is 0 Å². The maximum atomic E-state index is 6.26. The summed E-state index contributed by atoms with van der Waals surface area (Å²) in [5, 5.41) is 3.58. The summed E-state index contributed by atoms with van der Waals surface area (Å²) in [6, 6.07) is 0.810. The van der Waals surface area contributed by atoms with E-state index >= 15 is 0 Å². The third kappa shape index (κ3) is 2.44. The predicted molar refractivity (Wildman–Crippen MR) is 55.6 cm³/mol. The highest BCUT2D eigenvalue weighted by Gasteiger charge is 2.33. The first kappa shape index (κ1) is 9.47. The van der Waals surface area contributed by atoms with Crippen LogP contribution in [-0.2, 0) is 0 Å². The van der Waals surface area contributed by atoms with Crippen molar-refractivity contribution in [3.05, 3.63) is 0 Å². The summed E-state index contributed by atoms with van der Waals surface area (Å²) in [4.78, 5) is 0. The SMILES string of the molecule is CC1CC1NCCC1(N)CCCC1. The highest BCUT2D eigenvalue weighted by Crippen LogP contribution is 2.31. The first-order valence-corrected chi connectivity index (χ1v) is 5.72. The Labute approximate surface area is 81.3 Å². The van der Waals surface area contributed by atoms with Crippen LogP contribution in [-0.4, -0.2) is 18.1 Å². The van der Waals surface area contributed by atoms with E-state index in [1.54, 1.807) is 0 Å². The zero-order valence-electron chi connectivity index (χ0n) is 8.68. The lowest BCUT2D eigenvalue weighted by Crippen LogP contribution is -2.39. The summed E-state index contributed by atoms with van der Waals surface area (Å²) in [5.74, 6) is 0.914. The van der Waals surface area contributed by atoms with Gasteiger partial charge >= 0.3 is 0 Å². The van der Waals surface area contributed by atoms with Crippen LogP contribution in [0, 0.1) is 5.92 Å². The molecule has 3 N–H and O–H groups in total. The standard InChI is InChI=1S/C11H22N2/c1-9-8-10(9)13-7-6-11(12)4-2-3-5-11/h9-10,13H,2-8,12H2,1H3. The van der Waals surface area contributed by atoms with Crippen molar-refractivity contribution in [1.29, 1.82) is 0 Å². The third-order valence-corrected chi connectivity index (χ3v) is 3.74. The van der Waals surface area contributed by atoms with Gasteiger partial charge in [0.25, 0.3) is 0 Å². The van der Waals surface area contributed by atoms with Crippen molar-refractivity contribution < 1.29 is 0 Å². The first-order valence-electron chi connectivity index (χ1n) is 5.72. The van der Waals surface area contributed by atoms with Crippen molar-refractivity contribution in [2.75, 3.05) is 6.54 Å². The van der Waals surface area contributed by atoms with Crippen molar-refractivity contribution in [2.24, 2.45) is 11.7 Å². The maximum Gasteiger partial charge on any atom is 0.0166 e. The van der Waals surface area contributed by atoms with Crippen molar-refractivity contribution in [1.82, 2.24) is 5.32 Å². The summed E-state index contributed by atoms with van der Waals surface area (Å²) < 4.78 is 0. The normalized spacial score (nSPS) is 36.5. The van der Waals surface area contributed by atoms with Gasteiger partial charge in [0.15, 0.2) is 0 Å². The van der Waals surface area contributed by atoms with E-state index in [0.717, 1.165) is 18.5 Å². The van der Waals surface area contributed by atoms with Crippen LogP contribution in [0.25, 0.3) is 0 Å². The molecule has 2 aliphatic rings. The smallest absolute Gasteiger partial charge is 0.0166 e. The fraction of sp³-hybridized carbons (Fsp3) is 1.00. The second-order valence-electron chi connectivity index (χ2n) is 5.09. The van der Waals surface area contributed by atoms with E-state index in [1.165, 1.54) is 38.5 Å². The van der Waals surface area contributed by atoms with E-state index in [2.05, 4.69) is 12.2 Å². The zero-order valence-corrected chi connectivity index (χ0v) is 8.68. The molecular weight excluding hydrogens is 160 g/mol. The Morgan fingerprint density at radius 2 is 2.00 bits per heavy atom. The summed E-state index contributed by atoms with van der Waals surface area (Å²) in [5.41, 5.74) is 6.45. The van der Waals surface area contributed by atoms with Crippen LogP contribution >= 0.6 is 0 Å². The topological polar surface area (TPSA) is 38.0 Å². The lowest BCUT2D eigenvalue weighted by Gasteiger charge is -2.23. The average molecular weight is 182 g/mol. The largest absolute Gasteiger partial charge is 0.325 e. The summed E-state index contributed by atoms with van der Waals surface area (Å²) >= 11 is 0. The summed E-state index contributed by atoms with van der Waals surface area (Å²) in [7, 11) is 0. The molecule has 2 fully saturated rings. The summed E-state index contributed by atoms with van der Waals surface area (Å²) in [6.07, 6.45) is 7.73. The minimum atomic E-state index is 0.186. The van der Waals surface area contributed by atoms with E-state index in [4.69, 9.17) is 5.73 Å². The lowest BCUT2D eigenvalue weighted by molar-refractivity contribution is 0.391. The zero-order chi connectivity index (χ0) is 9.31. The Hall–Kier alpha value is -0.0800. The first-order chi connectivity index (χ1) is 6.20. The molecule has 2 rings (SSSR count). The van der Waals surface area contributed by atoms with Gasteiger partial charge < -0.3 is 11.1 Å². The second kappa shape index (κ2) is 3.58. The summed E-state index contributed by atoms with van der Waals surface area (Å²) in [6.45, 7) is 3.44. The van der Waals surface area contributed by atoms with Gasteiger partial charge in [0.2, 0.25) is 0 Å². The van der Waals surface area contributed by atoms with E-state index in [-0.39, 0.29) is 5.54 Å². The van der Waals surface area contributed by atoms with Crippen LogP contribution in [0.4, 0.5) is 0 Å². The number of hydrogen-bond donors (Lipinski definition) is 2. The van der Waals surface area contributed by atoms with Crippen molar-refractivity contribution in [2.45, 2.75) is 57.0 Å². The third-order valence-electron chi connectivity index (χ3n) is 3.74. The molecule has 0 bridgehead atoms. The number of nitrogens with one attached hydrogen (secondary N) is 1. The van der Waals surface area contributed by atoms with Gasteiger partial charge in [0, 0.05) is 11.6 Å². The second-order valence-corrected chi connectivity index (χ2v) is 5.09. The Bertz CT molecular complexity index is 173. The van der Waals surface area contributed by atoms with Crippen LogP contribution in [0.15, 0.2) is 0 Å². The van der Waals surface area contributed by atoms with Gasteiger partial charge in [-0.1, -0.05) is 19.8 Å². The monoisotopic (exact) mass is 182 g/mol. The fourth-order valence-corrected chi connectivity index (χ4v) is 2.44. The quantitative estimate of drug-likeness (QED) is 0.693. The van der Waals surface area contributed by atoms with Crippen LogP contribution < -0.4 is 11.1 Å². The molecule has 2 heteroatoms. The average Bonchev–Trinajstić information content (AvgIpc) is 2.62. The molecule has 2 unspecified atom stereocenters. The molecule has 2 aliphatic carbocycles. The molecule has 0 amide bonds. The molecule has 0 aliphatic heterocycles. The van der Waals surface area contributed by atoms with Crippen LogP contribution in [0.1, 0.15) is 45.4 Å². The number of hydrogen-bond acceptors (Lipinski definition) is 2. The lowest BCUT2D eigenvalue weighted by atomic mass is 9.95. The van der Waals surface area contributed by atoms with Gasteiger partial charge in [0.05, 0.1) is 0 Å². The Morgan fingerprint density at radius 1 is 1.38 bits per heavy atom. The molecule has 0 radical (unpaired) electrons. The van der Waals surface area contributed by atoms with E-state index < -0.39 is 0 Å². The molecule has 0 aromatic carbocycles.